The number of benzene rings is 1. The first-order valence-electron chi connectivity index (χ1n) is 12.6. The van der Waals surface area contributed by atoms with Gasteiger partial charge in [0.25, 0.3) is 0 Å². The van der Waals surface area contributed by atoms with Crippen LogP contribution in [-0.4, -0.2) is 57.1 Å². The van der Waals surface area contributed by atoms with Crippen molar-refractivity contribution in [1.82, 2.24) is 24.3 Å². The molecule has 2 unspecified atom stereocenters. The molecule has 2 atom stereocenters. The predicted molar refractivity (Wildman–Crippen MR) is 141 cm³/mol. The molecule has 0 amide bonds. The fourth-order valence-electron chi connectivity index (χ4n) is 4.56. The van der Waals surface area contributed by atoms with Gasteiger partial charge in [0.1, 0.15) is 16.7 Å². The van der Waals surface area contributed by atoms with Gasteiger partial charge in [0.15, 0.2) is 0 Å². The van der Waals surface area contributed by atoms with E-state index in [0.717, 1.165) is 28.9 Å². The lowest BCUT2D eigenvalue weighted by molar-refractivity contribution is -0.137. The van der Waals surface area contributed by atoms with Crippen molar-refractivity contribution >= 4 is 16.7 Å². The Bertz CT molecular complexity index is 1230. The van der Waals surface area contributed by atoms with Crippen LogP contribution in [0, 0.1) is 6.92 Å². The number of carboxylic acids is 1. The van der Waals surface area contributed by atoms with Gasteiger partial charge in [-0.2, -0.15) is 4.31 Å². The van der Waals surface area contributed by atoms with Crippen molar-refractivity contribution in [3.8, 4) is 5.75 Å². The molecule has 0 spiro atoms. The van der Waals surface area contributed by atoms with Gasteiger partial charge in [-0.1, -0.05) is 30.3 Å². The third-order valence-corrected chi connectivity index (χ3v) is 8.72. The van der Waals surface area contributed by atoms with Crippen LogP contribution in [-0.2, 0) is 24.3 Å². The Morgan fingerprint density at radius 3 is 2.78 bits per heavy atom. The van der Waals surface area contributed by atoms with Crippen LogP contribution in [0.5, 0.6) is 5.75 Å². The van der Waals surface area contributed by atoms with Crippen LogP contribution in [0.25, 0.3) is 0 Å². The molecule has 10 nitrogen and oxygen atoms in total. The average Bonchev–Trinajstić information content (AvgIpc) is 3.31. The molecule has 0 fully saturated rings. The van der Waals surface area contributed by atoms with Gasteiger partial charge < -0.3 is 9.84 Å². The molecule has 37 heavy (non-hydrogen) atoms. The van der Waals surface area contributed by atoms with Gasteiger partial charge >= 0.3 is 5.97 Å². The highest BCUT2D eigenvalue weighted by molar-refractivity contribution is 8.22. The SMILES string of the molecule is CCC1CN(Cc2cc(C(CCc3cn(CC)nn3)CC(=O)O)ccc2C)S(O)(O)c2cnccc2O1. The molecule has 3 N–H and O–H groups in total. The van der Waals surface area contributed by atoms with Crippen LogP contribution >= 0.6 is 10.8 Å². The van der Waals surface area contributed by atoms with Crippen molar-refractivity contribution in [2.75, 3.05) is 6.54 Å². The number of pyridine rings is 1. The van der Waals surface area contributed by atoms with Gasteiger partial charge in [-0.25, -0.2) is 0 Å². The molecule has 0 radical (unpaired) electrons. The molecular weight excluding hydrogens is 494 g/mol. The van der Waals surface area contributed by atoms with Gasteiger partial charge in [-0.15, -0.1) is 15.9 Å². The Balaban J connectivity index is 1.60. The Hall–Kier alpha value is -2.99. The van der Waals surface area contributed by atoms with Gasteiger partial charge in [0, 0.05) is 31.5 Å². The lowest BCUT2D eigenvalue weighted by Crippen LogP contribution is -2.34. The molecular formula is C26H35N5O5S. The van der Waals surface area contributed by atoms with Gasteiger partial charge in [0.2, 0.25) is 0 Å². The fourth-order valence-corrected chi connectivity index (χ4v) is 6.12. The highest BCUT2D eigenvalue weighted by Gasteiger charge is 2.35. The summed E-state index contributed by atoms with van der Waals surface area (Å²) in [6.45, 7) is 7.31. The first-order valence-corrected chi connectivity index (χ1v) is 14.1. The van der Waals surface area contributed by atoms with Crippen molar-refractivity contribution < 1.29 is 23.7 Å². The summed E-state index contributed by atoms with van der Waals surface area (Å²) in [6.07, 6.45) is 6.64. The van der Waals surface area contributed by atoms with Crippen molar-refractivity contribution in [3.63, 3.8) is 0 Å². The monoisotopic (exact) mass is 529 g/mol. The summed E-state index contributed by atoms with van der Waals surface area (Å²) in [4.78, 5) is 16.1. The van der Waals surface area contributed by atoms with E-state index in [2.05, 4.69) is 15.3 Å². The second-order valence-electron chi connectivity index (χ2n) is 9.40. The van der Waals surface area contributed by atoms with Crippen molar-refractivity contribution in [2.24, 2.45) is 0 Å². The predicted octanol–water partition coefficient (Wildman–Crippen LogP) is 4.89. The summed E-state index contributed by atoms with van der Waals surface area (Å²) in [5.41, 5.74) is 3.64. The first kappa shape index (κ1) is 27.1. The lowest BCUT2D eigenvalue weighted by Gasteiger charge is -2.41. The number of carboxylic acid groups (broad SMARTS) is 1. The summed E-state index contributed by atoms with van der Waals surface area (Å²) in [6, 6.07) is 7.60. The largest absolute Gasteiger partial charge is 0.487 e. The van der Waals surface area contributed by atoms with Crippen LogP contribution in [0.2, 0.25) is 0 Å². The number of aliphatic carboxylic acids is 1. The first-order chi connectivity index (χ1) is 17.7. The molecule has 200 valence electrons. The number of hydrogen-bond acceptors (Lipinski definition) is 8. The highest BCUT2D eigenvalue weighted by Crippen LogP contribution is 2.57. The number of aromatic nitrogens is 4. The van der Waals surface area contributed by atoms with E-state index in [1.165, 1.54) is 6.20 Å². The number of nitrogens with zero attached hydrogens (tertiary/aromatic N) is 5. The smallest absolute Gasteiger partial charge is 0.303 e. The number of fused-ring (bicyclic) bond motifs is 1. The molecule has 0 saturated heterocycles. The van der Waals surface area contributed by atoms with Crippen LogP contribution in [0.15, 0.2) is 47.8 Å². The number of rotatable bonds is 10. The maximum Gasteiger partial charge on any atom is 0.303 e. The maximum atomic E-state index is 11.7. The van der Waals surface area contributed by atoms with Crippen LogP contribution in [0.3, 0.4) is 0 Å². The van der Waals surface area contributed by atoms with E-state index in [1.807, 2.05) is 45.2 Å². The second kappa shape index (κ2) is 11.6. The molecule has 0 saturated carbocycles. The van der Waals surface area contributed by atoms with E-state index < -0.39 is 16.7 Å². The third-order valence-electron chi connectivity index (χ3n) is 6.83. The Labute approximate surface area is 218 Å². The minimum Gasteiger partial charge on any atom is -0.487 e. The molecule has 3 heterocycles. The zero-order valence-electron chi connectivity index (χ0n) is 21.4. The Kier molecular flexibility index (Phi) is 8.48. The van der Waals surface area contributed by atoms with Gasteiger partial charge in [-0.05, 0) is 55.7 Å². The number of ether oxygens (including phenoxy) is 1. The second-order valence-corrected chi connectivity index (χ2v) is 11.4. The maximum absolute atomic E-state index is 11.7. The third kappa shape index (κ3) is 6.30. The minimum absolute atomic E-state index is 0.00584. The van der Waals surface area contributed by atoms with Crippen molar-refractivity contribution in [1.29, 1.82) is 0 Å². The lowest BCUT2D eigenvalue weighted by atomic mass is 9.88. The zero-order chi connectivity index (χ0) is 26.6. The van der Waals surface area contributed by atoms with E-state index in [-0.39, 0.29) is 29.9 Å². The van der Waals surface area contributed by atoms with Gasteiger partial charge in [0.05, 0.1) is 24.9 Å². The average molecular weight is 530 g/mol. The van der Waals surface area contributed by atoms with Crippen molar-refractivity contribution in [3.05, 3.63) is 65.2 Å². The van der Waals surface area contributed by atoms with E-state index in [9.17, 15) is 19.0 Å². The molecule has 4 rings (SSSR count). The molecule has 3 aromatic rings. The fraction of sp³-hybridized carbons (Fsp3) is 0.462. The zero-order valence-corrected chi connectivity index (χ0v) is 22.3. The molecule has 1 aliphatic rings. The molecule has 11 heteroatoms. The summed E-state index contributed by atoms with van der Waals surface area (Å²) in [5, 5.41) is 17.9. The van der Waals surface area contributed by atoms with E-state index >= 15 is 0 Å². The summed E-state index contributed by atoms with van der Waals surface area (Å²) in [7, 11) is -3.34. The number of aryl methyl sites for hydroxylation is 3. The van der Waals surface area contributed by atoms with Crippen molar-refractivity contribution in [2.45, 2.75) is 76.5 Å². The molecule has 0 aliphatic carbocycles. The van der Waals surface area contributed by atoms with Crippen LogP contribution in [0.1, 0.15) is 61.4 Å². The Morgan fingerprint density at radius 2 is 2.08 bits per heavy atom. The molecule has 2 aromatic heterocycles. The van der Waals surface area contributed by atoms with E-state index in [1.54, 1.807) is 21.3 Å². The molecule has 1 aromatic carbocycles. The normalized spacial score (nSPS) is 18.9. The van der Waals surface area contributed by atoms with Crippen LogP contribution < -0.4 is 4.74 Å². The topological polar surface area (TPSA) is 134 Å². The number of hydrogen-bond donors (Lipinski definition) is 3. The van der Waals surface area contributed by atoms with Gasteiger partial charge in [-0.3, -0.25) is 23.6 Å². The van der Waals surface area contributed by atoms with Crippen LogP contribution in [0.4, 0.5) is 0 Å². The summed E-state index contributed by atoms with van der Waals surface area (Å²) in [5.74, 6) is -0.640. The standard InChI is InChI=1S/C26H35N5O5S/c1-4-23-17-31(37(34,35)25-14-27-11-10-24(25)36-23)15-21-12-19(7-6-18(21)3)20(13-26(32)33)8-9-22-16-30(5-2)29-28-22/h6-7,10-12,14,16,20,23,34-35H,4-5,8-9,13,15,17H2,1-3H3,(H,32,33). The minimum atomic E-state index is -3.34. The quantitative estimate of drug-likeness (QED) is 0.335. The summed E-state index contributed by atoms with van der Waals surface area (Å²) < 4.78 is 32.1. The molecule has 0 bridgehead atoms. The highest BCUT2D eigenvalue weighted by atomic mass is 32.3. The molecule has 1 aliphatic heterocycles. The Morgan fingerprint density at radius 1 is 1.27 bits per heavy atom. The van der Waals surface area contributed by atoms with E-state index in [0.29, 0.717) is 31.6 Å². The summed E-state index contributed by atoms with van der Waals surface area (Å²) >= 11 is 0. The number of carbonyl (C=O) groups is 1. The van der Waals surface area contributed by atoms with E-state index in [4.69, 9.17) is 4.74 Å².